The van der Waals surface area contributed by atoms with Crippen LogP contribution in [0.25, 0.3) is 0 Å². The third-order valence-electron chi connectivity index (χ3n) is 3.84. The van der Waals surface area contributed by atoms with Crippen molar-refractivity contribution in [3.05, 3.63) is 11.9 Å². The topological polar surface area (TPSA) is 29.9 Å². The molecule has 0 saturated heterocycles. The molecule has 0 bridgehead atoms. The normalized spacial score (nSPS) is 23.3. The number of rotatable bonds is 3. The summed E-state index contributed by atoms with van der Waals surface area (Å²) >= 11 is 0. The second kappa shape index (κ2) is 4.94. The van der Waals surface area contributed by atoms with E-state index in [0.717, 1.165) is 11.6 Å². The number of nitrogens with one attached hydrogen (secondary N) is 1. The van der Waals surface area contributed by atoms with Gasteiger partial charge in [-0.25, -0.2) is 4.98 Å². The lowest BCUT2D eigenvalue weighted by Crippen LogP contribution is -2.26. The maximum absolute atomic E-state index is 4.63. The van der Waals surface area contributed by atoms with Crippen LogP contribution in [0.5, 0.6) is 0 Å². The van der Waals surface area contributed by atoms with Gasteiger partial charge in [0.25, 0.3) is 0 Å². The molecular formula is C15H27N3. The lowest BCUT2D eigenvalue weighted by Gasteiger charge is -2.36. The Labute approximate surface area is 111 Å². The lowest BCUT2D eigenvalue weighted by atomic mass is 9.75. The maximum atomic E-state index is 4.63. The fourth-order valence-corrected chi connectivity index (χ4v) is 3.06. The number of aromatic nitrogens is 2. The van der Waals surface area contributed by atoms with Gasteiger partial charge in [-0.05, 0) is 45.4 Å². The first-order valence-electron chi connectivity index (χ1n) is 7.19. The highest BCUT2D eigenvalue weighted by molar-refractivity contribution is 5.30. The van der Waals surface area contributed by atoms with Gasteiger partial charge in [-0.15, -0.1) is 0 Å². The Morgan fingerprint density at radius 2 is 2.17 bits per heavy atom. The Hall–Kier alpha value is -0.990. The standard InChI is InChI=1S/C15H27N3/c1-11(2)16-14-17-12(3)10-18(14)13-7-6-8-15(4,5)9-13/h10-11,13H,6-9H2,1-5H3,(H,16,17). The van der Waals surface area contributed by atoms with Gasteiger partial charge < -0.3 is 9.88 Å². The average molecular weight is 249 g/mol. The molecule has 0 aliphatic heterocycles. The number of nitrogens with zero attached hydrogens (tertiary/aromatic N) is 2. The summed E-state index contributed by atoms with van der Waals surface area (Å²) in [5, 5.41) is 3.47. The van der Waals surface area contributed by atoms with Gasteiger partial charge in [-0.1, -0.05) is 20.3 Å². The van der Waals surface area contributed by atoms with Crippen molar-refractivity contribution >= 4 is 5.95 Å². The van der Waals surface area contributed by atoms with Crippen molar-refractivity contribution in [1.82, 2.24) is 9.55 Å². The van der Waals surface area contributed by atoms with Crippen LogP contribution in [-0.4, -0.2) is 15.6 Å². The van der Waals surface area contributed by atoms with Crippen LogP contribution in [0.15, 0.2) is 6.20 Å². The van der Waals surface area contributed by atoms with Crippen molar-refractivity contribution in [1.29, 1.82) is 0 Å². The van der Waals surface area contributed by atoms with E-state index in [4.69, 9.17) is 0 Å². The molecule has 1 heterocycles. The van der Waals surface area contributed by atoms with E-state index < -0.39 is 0 Å². The third kappa shape index (κ3) is 3.06. The highest BCUT2D eigenvalue weighted by Gasteiger charge is 2.30. The smallest absolute Gasteiger partial charge is 0.203 e. The number of hydrogen-bond acceptors (Lipinski definition) is 2. The SMILES string of the molecule is Cc1cn(C2CCCC(C)(C)C2)c(NC(C)C)n1. The third-order valence-corrected chi connectivity index (χ3v) is 3.84. The van der Waals surface area contributed by atoms with Gasteiger partial charge in [-0.3, -0.25) is 0 Å². The van der Waals surface area contributed by atoms with E-state index in [9.17, 15) is 0 Å². The Balaban J connectivity index is 2.21. The van der Waals surface area contributed by atoms with Gasteiger partial charge in [0.05, 0.1) is 5.69 Å². The van der Waals surface area contributed by atoms with Crippen molar-refractivity contribution in [2.45, 2.75) is 72.4 Å². The molecule has 1 aromatic heterocycles. The van der Waals surface area contributed by atoms with Crippen molar-refractivity contribution in [2.24, 2.45) is 5.41 Å². The molecule has 1 saturated carbocycles. The van der Waals surface area contributed by atoms with E-state index in [1.165, 1.54) is 25.7 Å². The molecule has 1 unspecified atom stereocenters. The van der Waals surface area contributed by atoms with Gasteiger partial charge in [0.2, 0.25) is 5.95 Å². The molecule has 18 heavy (non-hydrogen) atoms. The van der Waals surface area contributed by atoms with Crippen molar-refractivity contribution in [3.63, 3.8) is 0 Å². The van der Waals surface area contributed by atoms with Gasteiger partial charge in [0.15, 0.2) is 0 Å². The summed E-state index contributed by atoms with van der Waals surface area (Å²) in [7, 11) is 0. The number of hydrogen-bond donors (Lipinski definition) is 1. The highest BCUT2D eigenvalue weighted by Crippen LogP contribution is 2.41. The fourth-order valence-electron chi connectivity index (χ4n) is 3.06. The zero-order valence-electron chi connectivity index (χ0n) is 12.5. The molecule has 0 amide bonds. The Morgan fingerprint density at radius 1 is 1.44 bits per heavy atom. The van der Waals surface area contributed by atoms with Gasteiger partial charge in [-0.2, -0.15) is 0 Å². The molecule has 1 N–H and O–H groups in total. The molecule has 102 valence electrons. The minimum Gasteiger partial charge on any atom is -0.353 e. The Morgan fingerprint density at radius 3 is 2.78 bits per heavy atom. The molecule has 2 rings (SSSR count). The average Bonchev–Trinajstić information content (AvgIpc) is 2.57. The summed E-state index contributed by atoms with van der Waals surface area (Å²) < 4.78 is 2.37. The molecule has 3 heteroatoms. The summed E-state index contributed by atoms with van der Waals surface area (Å²) in [6, 6.07) is 1.04. The molecule has 0 spiro atoms. The predicted octanol–water partition coefficient (Wildman–Crippen LogP) is 4.15. The molecule has 0 radical (unpaired) electrons. The maximum Gasteiger partial charge on any atom is 0.203 e. The monoisotopic (exact) mass is 249 g/mol. The first-order chi connectivity index (χ1) is 8.37. The van der Waals surface area contributed by atoms with E-state index >= 15 is 0 Å². The second-order valence-electron chi connectivity index (χ2n) is 6.83. The van der Waals surface area contributed by atoms with Gasteiger partial charge in [0.1, 0.15) is 0 Å². The Kier molecular flexibility index (Phi) is 3.69. The van der Waals surface area contributed by atoms with Gasteiger partial charge in [0, 0.05) is 18.3 Å². The van der Waals surface area contributed by atoms with Crippen LogP contribution in [0.4, 0.5) is 5.95 Å². The predicted molar refractivity (Wildman–Crippen MR) is 77.0 cm³/mol. The van der Waals surface area contributed by atoms with Crippen molar-refractivity contribution < 1.29 is 0 Å². The van der Waals surface area contributed by atoms with E-state index in [2.05, 4.69) is 55.7 Å². The van der Waals surface area contributed by atoms with Crippen molar-refractivity contribution in [2.75, 3.05) is 5.32 Å². The molecular weight excluding hydrogens is 222 g/mol. The van der Waals surface area contributed by atoms with Crippen LogP contribution in [0.3, 0.4) is 0 Å². The number of imidazole rings is 1. The largest absolute Gasteiger partial charge is 0.353 e. The van der Waals surface area contributed by atoms with E-state index in [1.54, 1.807) is 0 Å². The minimum atomic E-state index is 0.433. The van der Waals surface area contributed by atoms with Crippen LogP contribution in [0.1, 0.15) is 65.1 Å². The zero-order chi connectivity index (χ0) is 13.3. The fraction of sp³-hybridized carbons (Fsp3) is 0.800. The highest BCUT2D eigenvalue weighted by atomic mass is 15.2. The van der Waals surface area contributed by atoms with Crippen LogP contribution in [0, 0.1) is 12.3 Å². The first-order valence-corrected chi connectivity index (χ1v) is 7.19. The van der Waals surface area contributed by atoms with E-state index in [-0.39, 0.29) is 0 Å². The Bertz CT molecular complexity index is 404. The number of anilines is 1. The van der Waals surface area contributed by atoms with Crippen LogP contribution in [-0.2, 0) is 0 Å². The van der Waals surface area contributed by atoms with Gasteiger partial charge >= 0.3 is 0 Å². The molecule has 3 nitrogen and oxygen atoms in total. The lowest BCUT2D eigenvalue weighted by molar-refractivity contribution is 0.184. The first kappa shape index (κ1) is 13.4. The molecule has 0 aromatic carbocycles. The summed E-state index contributed by atoms with van der Waals surface area (Å²) in [6.45, 7) is 11.2. The number of aryl methyl sites for hydroxylation is 1. The molecule has 1 atom stereocenters. The summed E-state index contributed by atoms with van der Waals surface area (Å²) in [5.41, 5.74) is 1.58. The van der Waals surface area contributed by atoms with Crippen molar-refractivity contribution in [3.8, 4) is 0 Å². The molecule has 1 aliphatic rings. The molecule has 1 aliphatic carbocycles. The zero-order valence-corrected chi connectivity index (χ0v) is 12.5. The quantitative estimate of drug-likeness (QED) is 0.872. The van der Waals surface area contributed by atoms with Crippen LogP contribution < -0.4 is 5.32 Å². The molecule has 1 aromatic rings. The van der Waals surface area contributed by atoms with Crippen LogP contribution >= 0.6 is 0 Å². The minimum absolute atomic E-state index is 0.433. The van der Waals surface area contributed by atoms with E-state index in [1.807, 2.05) is 0 Å². The summed E-state index contributed by atoms with van der Waals surface area (Å²) in [5.74, 6) is 1.05. The van der Waals surface area contributed by atoms with E-state index in [0.29, 0.717) is 17.5 Å². The van der Waals surface area contributed by atoms with Crippen LogP contribution in [0.2, 0.25) is 0 Å². The summed E-state index contributed by atoms with van der Waals surface area (Å²) in [6.07, 6.45) is 7.43. The molecule has 1 fully saturated rings. The summed E-state index contributed by atoms with van der Waals surface area (Å²) in [4.78, 5) is 4.63. The second-order valence-corrected chi connectivity index (χ2v) is 6.83.